The molecule has 0 aromatic carbocycles. The SMILES string of the molecule is CCC1(CC)CNC(C)CN1CCc1cnn(C)c1. The molecule has 1 aromatic heterocycles. The molecule has 1 saturated heterocycles. The molecule has 0 radical (unpaired) electrons. The molecule has 1 atom stereocenters. The second-order valence-corrected chi connectivity index (χ2v) is 5.93. The van der Waals surface area contributed by atoms with Crippen molar-refractivity contribution in [2.45, 2.75) is 51.6 Å². The van der Waals surface area contributed by atoms with E-state index in [0.717, 1.165) is 26.1 Å². The predicted octanol–water partition coefficient (Wildman–Crippen LogP) is 1.82. The third-order valence-electron chi connectivity index (χ3n) is 4.69. The summed E-state index contributed by atoms with van der Waals surface area (Å²) < 4.78 is 1.89. The van der Waals surface area contributed by atoms with Gasteiger partial charge in [0.05, 0.1) is 6.20 Å². The Morgan fingerprint density at radius 2 is 2.16 bits per heavy atom. The van der Waals surface area contributed by atoms with Crippen LogP contribution in [0.2, 0.25) is 0 Å². The van der Waals surface area contributed by atoms with Crippen molar-refractivity contribution in [3.8, 4) is 0 Å². The monoisotopic (exact) mass is 264 g/mol. The van der Waals surface area contributed by atoms with Crippen LogP contribution in [0.25, 0.3) is 0 Å². The van der Waals surface area contributed by atoms with E-state index in [1.54, 1.807) is 0 Å². The Morgan fingerprint density at radius 3 is 2.74 bits per heavy atom. The third kappa shape index (κ3) is 3.18. The highest BCUT2D eigenvalue weighted by atomic mass is 15.3. The minimum atomic E-state index is 0.342. The van der Waals surface area contributed by atoms with Crippen molar-refractivity contribution in [3.63, 3.8) is 0 Å². The Morgan fingerprint density at radius 1 is 1.42 bits per heavy atom. The maximum atomic E-state index is 4.26. The van der Waals surface area contributed by atoms with Gasteiger partial charge < -0.3 is 5.32 Å². The van der Waals surface area contributed by atoms with Gasteiger partial charge in [0.2, 0.25) is 0 Å². The van der Waals surface area contributed by atoms with Crippen molar-refractivity contribution in [2.75, 3.05) is 19.6 Å². The van der Waals surface area contributed by atoms with E-state index in [2.05, 4.69) is 42.3 Å². The standard InChI is InChI=1S/C15H28N4/c1-5-15(6-2)12-16-13(3)10-19(15)8-7-14-9-17-18(4)11-14/h9,11,13,16H,5-8,10,12H2,1-4H3. The van der Waals surface area contributed by atoms with Crippen LogP contribution in [0.4, 0.5) is 0 Å². The number of piperazine rings is 1. The smallest absolute Gasteiger partial charge is 0.0522 e. The van der Waals surface area contributed by atoms with Crippen molar-refractivity contribution >= 4 is 0 Å². The number of aryl methyl sites for hydroxylation is 1. The molecular weight excluding hydrogens is 236 g/mol. The number of hydrogen-bond donors (Lipinski definition) is 1. The van der Waals surface area contributed by atoms with Gasteiger partial charge in [0.15, 0.2) is 0 Å². The lowest BCUT2D eigenvalue weighted by Gasteiger charge is -2.49. The van der Waals surface area contributed by atoms with E-state index in [1.807, 2.05) is 17.9 Å². The Labute approximate surface area is 117 Å². The van der Waals surface area contributed by atoms with Gasteiger partial charge in [-0.05, 0) is 31.7 Å². The highest BCUT2D eigenvalue weighted by molar-refractivity contribution is 5.05. The Hall–Kier alpha value is -0.870. The number of aromatic nitrogens is 2. The minimum Gasteiger partial charge on any atom is -0.311 e. The van der Waals surface area contributed by atoms with E-state index < -0.39 is 0 Å². The molecule has 108 valence electrons. The topological polar surface area (TPSA) is 33.1 Å². The van der Waals surface area contributed by atoms with Crippen LogP contribution < -0.4 is 5.32 Å². The van der Waals surface area contributed by atoms with Crippen LogP contribution in [-0.2, 0) is 13.5 Å². The fraction of sp³-hybridized carbons (Fsp3) is 0.800. The number of hydrogen-bond acceptors (Lipinski definition) is 3. The van der Waals surface area contributed by atoms with Crippen LogP contribution in [0, 0.1) is 0 Å². The van der Waals surface area contributed by atoms with Crippen LogP contribution in [0.5, 0.6) is 0 Å². The zero-order valence-electron chi connectivity index (χ0n) is 12.8. The first-order chi connectivity index (χ1) is 9.09. The Kier molecular flexibility index (Phi) is 4.63. The van der Waals surface area contributed by atoms with E-state index in [4.69, 9.17) is 0 Å². The molecule has 1 N–H and O–H groups in total. The Bertz CT molecular complexity index is 395. The Balaban J connectivity index is 2.01. The summed E-state index contributed by atoms with van der Waals surface area (Å²) in [7, 11) is 1.98. The molecule has 19 heavy (non-hydrogen) atoms. The second-order valence-electron chi connectivity index (χ2n) is 5.93. The van der Waals surface area contributed by atoms with E-state index >= 15 is 0 Å². The third-order valence-corrected chi connectivity index (χ3v) is 4.69. The van der Waals surface area contributed by atoms with Crippen LogP contribution in [0.15, 0.2) is 12.4 Å². The number of nitrogens with zero attached hydrogens (tertiary/aromatic N) is 3. The molecular formula is C15H28N4. The maximum Gasteiger partial charge on any atom is 0.0522 e. The van der Waals surface area contributed by atoms with Crippen LogP contribution >= 0.6 is 0 Å². The van der Waals surface area contributed by atoms with Gasteiger partial charge in [-0.1, -0.05) is 13.8 Å². The molecule has 0 amide bonds. The molecule has 0 saturated carbocycles. The van der Waals surface area contributed by atoms with Crippen molar-refractivity contribution in [2.24, 2.45) is 7.05 Å². The summed E-state index contributed by atoms with van der Waals surface area (Å²) in [5, 5.41) is 7.91. The van der Waals surface area contributed by atoms with Gasteiger partial charge in [-0.15, -0.1) is 0 Å². The fourth-order valence-corrected chi connectivity index (χ4v) is 3.21. The van der Waals surface area contributed by atoms with Gasteiger partial charge in [0.1, 0.15) is 0 Å². The molecule has 0 spiro atoms. The summed E-state index contributed by atoms with van der Waals surface area (Å²) in [6, 6.07) is 0.597. The molecule has 0 bridgehead atoms. The van der Waals surface area contributed by atoms with E-state index in [9.17, 15) is 0 Å². The fourth-order valence-electron chi connectivity index (χ4n) is 3.21. The van der Waals surface area contributed by atoms with E-state index in [1.165, 1.54) is 18.4 Å². The van der Waals surface area contributed by atoms with Gasteiger partial charge in [0, 0.05) is 44.5 Å². The summed E-state index contributed by atoms with van der Waals surface area (Å²) >= 11 is 0. The van der Waals surface area contributed by atoms with Crippen molar-refractivity contribution in [1.29, 1.82) is 0 Å². The van der Waals surface area contributed by atoms with Crippen LogP contribution in [0.3, 0.4) is 0 Å². The predicted molar refractivity (Wildman–Crippen MR) is 79.3 cm³/mol. The van der Waals surface area contributed by atoms with Gasteiger partial charge in [-0.25, -0.2) is 0 Å². The quantitative estimate of drug-likeness (QED) is 0.880. The average molecular weight is 264 g/mol. The molecule has 0 aliphatic carbocycles. The summed E-state index contributed by atoms with van der Waals surface area (Å²) in [5.74, 6) is 0. The largest absolute Gasteiger partial charge is 0.311 e. The molecule has 1 fully saturated rings. The summed E-state index contributed by atoms with van der Waals surface area (Å²) in [4.78, 5) is 2.70. The lowest BCUT2D eigenvalue weighted by molar-refractivity contribution is 0.0360. The second kappa shape index (κ2) is 6.06. The summed E-state index contributed by atoms with van der Waals surface area (Å²) in [6.45, 7) is 10.3. The van der Waals surface area contributed by atoms with Gasteiger partial charge >= 0.3 is 0 Å². The van der Waals surface area contributed by atoms with Crippen molar-refractivity contribution in [3.05, 3.63) is 18.0 Å². The molecule has 2 rings (SSSR count). The highest BCUT2D eigenvalue weighted by Crippen LogP contribution is 2.27. The molecule has 1 aromatic rings. The summed E-state index contributed by atoms with van der Waals surface area (Å²) in [5.41, 5.74) is 1.68. The molecule has 4 heteroatoms. The molecule has 4 nitrogen and oxygen atoms in total. The van der Waals surface area contributed by atoms with Gasteiger partial charge in [0.25, 0.3) is 0 Å². The van der Waals surface area contributed by atoms with Crippen LogP contribution in [-0.4, -0.2) is 45.9 Å². The zero-order chi connectivity index (χ0) is 13.9. The molecule has 2 heterocycles. The van der Waals surface area contributed by atoms with Crippen molar-refractivity contribution in [1.82, 2.24) is 20.0 Å². The molecule has 1 unspecified atom stereocenters. The van der Waals surface area contributed by atoms with Gasteiger partial charge in [-0.3, -0.25) is 9.58 Å². The normalized spacial score (nSPS) is 23.7. The average Bonchev–Trinajstić information content (AvgIpc) is 2.83. The lowest BCUT2D eigenvalue weighted by Crippen LogP contribution is -2.63. The van der Waals surface area contributed by atoms with Crippen molar-refractivity contribution < 1.29 is 0 Å². The van der Waals surface area contributed by atoms with E-state index in [0.29, 0.717) is 11.6 Å². The minimum absolute atomic E-state index is 0.342. The zero-order valence-corrected chi connectivity index (χ0v) is 12.8. The first-order valence-corrected chi connectivity index (χ1v) is 7.55. The first kappa shape index (κ1) is 14.5. The van der Waals surface area contributed by atoms with Crippen LogP contribution in [0.1, 0.15) is 39.2 Å². The number of nitrogens with one attached hydrogen (secondary N) is 1. The van der Waals surface area contributed by atoms with E-state index in [-0.39, 0.29) is 0 Å². The highest BCUT2D eigenvalue weighted by Gasteiger charge is 2.37. The molecule has 1 aliphatic rings. The maximum absolute atomic E-state index is 4.26. The molecule has 1 aliphatic heterocycles. The first-order valence-electron chi connectivity index (χ1n) is 7.55. The number of rotatable bonds is 5. The van der Waals surface area contributed by atoms with Gasteiger partial charge in [-0.2, -0.15) is 5.10 Å². The summed E-state index contributed by atoms with van der Waals surface area (Å²) in [6.07, 6.45) is 7.66. The lowest BCUT2D eigenvalue weighted by atomic mass is 9.87.